The molecule has 2 N–H and O–H groups in total. The average Bonchev–Trinajstić information content (AvgIpc) is 3.11. The number of phenolic OH excluding ortho intramolecular Hbond substituents is 1. The zero-order valence-corrected chi connectivity index (χ0v) is 19.5. The van der Waals surface area contributed by atoms with Crippen LogP contribution in [0.1, 0.15) is 37.4 Å². The summed E-state index contributed by atoms with van der Waals surface area (Å²) < 4.78 is 11.2. The van der Waals surface area contributed by atoms with Crippen LogP contribution in [0, 0.1) is 0 Å². The number of hydrogen-bond acceptors (Lipinski definition) is 7. The maximum Gasteiger partial charge on any atom is 0.295 e. The number of aliphatic hydroxyl groups excluding tert-OH is 1. The minimum Gasteiger partial charge on any atom is -0.508 e. The Balaban J connectivity index is 1.72. The number of hydrogen-bond donors (Lipinski definition) is 2. The molecule has 34 heavy (non-hydrogen) atoms. The molecule has 2 aromatic carbocycles. The normalized spacial score (nSPS) is 19.1. The summed E-state index contributed by atoms with van der Waals surface area (Å²) in [5, 5.41) is 21.0. The lowest BCUT2D eigenvalue weighted by molar-refractivity contribution is -0.140. The molecule has 1 atom stereocenters. The van der Waals surface area contributed by atoms with E-state index in [1.165, 1.54) is 17.0 Å². The summed E-state index contributed by atoms with van der Waals surface area (Å²) in [6, 6.07) is 10.5. The minimum atomic E-state index is -0.759. The van der Waals surface area contributed by atoms with Crippen molar-refractivity contribution in [3.8, 4) is 17.2 Å². The highest BCUT2D eigenvalue weighted by Crippen LogP contribution is 2.41. The van der Waals surface area contributed by atoms with Crippen LogP contribution < -0.4 is 9.47 Å². The number of rotatable bonds is 8. The summed E-state index contributed by atoms with van der Waals surface area (Å²) in [6.45, 7) is 7.96. The second-order valence-corrected chi connectivity index (χ2v) is 8.32. The molecule has 2 aliphatic heterocycles. The minimum absolute atomic E-state index is 0.0233. The molecule has 1 amide bonds. The lowest BCUT2D eigenvalue weighted by Gasteiger charge is -2.27. The van der Waals surface area contributed by atoms with Gasteiger partial charge in [0.25, 0.3) is 11.7 Å². The number of benzene rings is 2. The van der Waals surface area contributed by atoms with E-state index in [4.69, 9.17) is 9.47 Å². The van der Waals surface area contributed by atoms with Gasteiger partial charge in [-0.15, -0.1) is 0 Å². The number of likely N-dealkylation sites (tertiary alicyclic amines) is 1. The maximum absolute atomic E-state index is 13.2. The zero-order chi connectivity index (χ0) is 24.2. The highest BCUT2D eigenvalue weighted by Gasteiger charge is 2.45. The third-order valence-electron chi connectivity index (χ3n) is 6.33. The molecular weight excluding hydrogens is 436 g/mol. The third kappa shape index (κ3) is 4.59. The molecule has 8 nitrogen and oxygen atoms in total. The first kappa shape index (κ1) is 23.6. The van der Waals surface area contributed by atoms with Gasteiger partial charge in [-0.05, 0) is 62.0 Å². The van der Waals surface area contributed by atoms with Gasteiger partial charge in [-0.2, -0.15) is 0 Å². The number of fused-ring (bicyclic) bond motifs is 1. The van der Waals surface area contributed by atoms with Crippen LogP contribution in [0.25, 0.3) is 5.76 Å². The van der Waals surface area contributed by atoms with Crippen molar-refractivity contribution in [2.24, 2.45) is 0 Å². The van der Waals surface area contributed by atoms with Crippen molar-refractivity contribution in [1.82, 2.24) is 9.80 Å². The lowest BCUT2D eigenvalue weighted by atomic mass is 9.95. The molecule has 0 unspecified atom stereocenters. The van der Waals surface area contributed by atoms with E-state index in [0.717, 1.165) is 19.6 Å². The van der Waals surface area contributed by atoms with Crippen molar-refractivity contribution >= 4 is 17.4 Å². The van der Waals surface area contributed by atoms with Crippen LogP contribution in [0.2, 0.25) is 0 Å². The van der Waals surface area contributed by atoms with Crippen molar-refractivity contribution in [2.45, 2.75) is 26.3 Å². The van der Waals surface area contributed by atoms with Crippen LogP contribution in [-0.2, 0) is 9.59 Å². The highest BCUT2D eigenvalue weighted by atomic mass is 16.6. The first-order valence-electron chi connectivity index (χ1n) is 11.6. The van der Waals surface area contributed by atoms with E-state index in [1.54, 1.807) is 30.3 Å². The van der Waals surface area contributed by atoms with Gasteiger partial charge in [0.2, 0.25) is 0 Å². The Hall–Kier alpha value is -3.52. The Morgan fingerprint density at radius 3 is 2.38 bits per heavy atom. The second kappa shape index (κ2) is 10.2. The molecule has 0 aliphatic carbocycles. The molecule has 0 bridgehead atoms. The first-order chi connectivity index (χ1) is 16.4. The SMILES string of the molecule is CCN(CC)CCCN1C(=O)C(=O)/C(=C(/O)c2ccc3c(c2)OCCO3)[C@@H]1c1ccc(O)cc1. The van der Waals surface area contributed by atoms with Gasteiger partial charge in [0, 0.05) is 12.1 Å². The number of ketones is 1. The molecule has 2 aliphatic rings. The number of carbonyl (C=O) groups is 2. The number of nitrogens with zero attached hydrogens (tertiary/aromatic N) is 2. The van der Waals surface area contributed by atoms with E-state index in [1.807, 2.05) is 0 Å². The number of carbonyl (C=O) groups excluding carboxylic acids is 2. The predicted octanol–water partition coefficient (Wildman–Crippen LogP) is 3.32. The van der Waals surface area contributed by atoms with Crippen LogP contribution in [0.15, 0.2) is 48.0 Å². The van der Waals surface area contributed by atoms with Gasteiger partial charge in [0.05, 0.1) is 11.6 Å². The molecule has 8 heteroatoms. The van der Waals surface area contributed by atoms with E-state index in [0.29, 0.717) is 48.8 Å². The quantitative estimate of drug-likeness (QED) is 0.350. The number of aliphatic hydroxyl groups is 1. The van der Waals surface area contributed by atoms with Gasteiger partial charge < -0.3 is 29.5 Å². The van der Waals surface area contributed by atoms with Crippen LogP contribution >= 0.6 is 0 Å². The van der Waals surface area contributed by atoms with Gasteiger partial charge >= 0.3 is 0 Å². The van der Waals surface area contributed by atoms with Crippen LogP contribution in [0.4, 0.5) is 0 Å². The van der Waals surface area contributed by atoms with Gasteiger partial charge in [0.15, 0.2) is 11.5 Å². The monoisotopic (exact) mass is 466 g/mol. The Morgan fingerprint density at radius 1 is 1.03 bits per heavy atom. The maximum atomic E-state index is 13.2. The molecule has 1 fully saturated rings. The summed E-state index contributed by atoms with van der Waals surface area (Å²) in [5.74, 6) is -0.515. The fourth-order valence-corrected chi connectivity index (χ4v) is 4.46. The van der Waals surface area contributed by atoms with Crippen molar-refractivity contribution in [3.63, 3.8) is 0 Å². The molecule has 2 heterocycles. The number of Topliss-reactive ketones (excluding diaryl/α,β-unsaturated/α-hetero) is 1. The summed E-state index contributed by atoms with van der Waals surface area (Å²) in [4.78, 5) is 30.0. The van der Waals surface area contributed by atoms with Crippen molar-refractivity contribution in [3.05, 3.63) is 59.2 Å². The van der Waals surface area contributed by atoms with Gasteiger partial charge in [0.1, 0.15) is 24.7 Å². The van der Waals surface area contributed by atoms with E-state index >= 15 is 0 Å². The number of phenols is 1. The van der Waals surface area contributed by atoms with Crippen LogP contribution in [0.3, 0.4) is 0 Å². The number of aromatic hydroxyl groups is 1. The molecule has 0 radical (unpaired) electrons. The largest absolute Gasteiger partial charge is 0.508 e. The highest BCUT2D eigenvalue weighted by molar-refractivity contribution is 6.46. The number of amides is 1. The lowest BCUT2D eigenvalue weighted by Crippen LogP contribution is -2.33. The topological polar surface area (TPSA) is 99.5 Å². The summed E-state index contributed by atoms with van der Waals surface area (Å²) >= 11 is 0. The van der Waals surface area contributed by atoms with Crippen LogP contribution in [-0.4, -0.2) is 71.1 Å². The summed E-state index contributed by atoms with van der Waals surface area (Å²) in [5.41, 5.74) is 1.03. The smallest absolute Gasteiger partial charge is 0.295 e. The molecule has 0 saturated carbocycles. The van der Waals surface area contributed by atoms with Crippen molar-refractivity contribution in [1.29, 1.82) is 0 Å². The molecule has 1 saturated heterocycles. The molecule has 2 aromatic rings. The predicted molar refractivity (Wildman–Crippen MR) is 127 cm³/mol. The van der Waals surface area contributed by atoms with Crippen molar-refractivity contribution in [2.75, 3.05) is 39.4 Å². The second-order valence-electron chi connectivity index (χ2n) is 8.32. The van der Waals surface area contributed by atoms with E-state index in [2.05, 4.69) is 18.7 Å². The molecular formula is C26H30N2O6. The van der Waals surface area contributed by atoms with E-state index in [9.17, 15) is 19.8 Å². The third-order valence-corrected chi connectivity index (χ3v) is 6.33. The van der Waals surface area contributed by atoms with E-state index in [-0.39, 0.29) is 17.1 Å². The molecule has 0 aromatic heterocycles. The Bertz CT molecular complexity index is 1090. The van der Waals surface area contributed by atoms with Gasteiger partial charge in [-0.25, -0.2) is 0 Å². The molecule has 180 valence electrons. The molecule has 0 spiro atoms. The average molecular weight is 467 g/mol. The fourth-order valence-electron chi connectivity index (χ4n) is 4.46. The van der Waals surface area contributed by atoms with Crippen molar-refractivity contribution < 1.29 is 29.3 Å². The summed E-state index contributed by atoms with van der Waals surface area (Å²) in [6.07, 6.45) is 0.688. The molecule has 4 rings (SSSR count). The Labute approximate surface area is 199 Å². The first-order valence-corrected chi connectivity index (χ1v) is 11.6. The summed E-state index contributed by atoms with van der Waals surface area (Å²) in [7, 11) is 0. The fraction of sp³-hybridized carbons (Fsp3) is 0.385. The van der Waals surface area contributed by atoms with Gasteiger partial charge in [-0.1, -0.05) is 26.0 Å². The van der Waals surface area contributed by atoms with Crippen LogP contribution in [0.5, 0.6) is 17.2 Å². The zero-order valence-electron chi connectivity index (χ0n) is 19.5. The number of ether oxygens (including phenoxy) is 2. The Kier molecular flexibility index (Phi) is 7.07. The Morgan fingerprint density at radius 2 is 1.71 bits per heavy atom. The van der Waals surface area contributed by atoms with E-state index < -0.39 is 17.7 Å². The van der Waals surface area contributed by atoms with Gasteiger partial charge in [-0.3, -0.25) is 9.59 Å². The standard InChI is InChI=1S/C26H30N2O6/c1-3-27(4-2)12-5-13-28-23(17-6-9-19(29)10-7-17)22(25(31)26(28)32)24(30)18-8-11-20-21(16-18)34-15-14-33-20/h6-11,16,23,29-30H,3-5,12-15H2,1-2H3/b24-22+/t23-/m0/s1.